The molecule has 0 atom stereocenters. The first kappa shape index (κ1) is 17.8. The molecule has 6 heteroatoms. The summed E-state index contributed by atoms with van der Waals surface area (Å²) in [5.74, 6) is -0.191. The molecule has 0 unspecified atom stereocenters. The third kappa shape index (κ3) is 4.49. The lowest BCUT2D eigenvalue weighted by molar-refractivity contribution is -0.115. The van der Waals surface area contributed by atoms with Crippen LogP contribution < -0.4 is 15.4 Å². The first-order chi connectivity index (χ1) is 11.4. The molecule has 0 saturated carbocycles. The lowest BCUT2D eigenvalue weighted by Gasteiger charge is -2.12. The van der Waals surface area contributed by atoms with Crippen molar-refractivity contribution in [2.45, 2.75) is 13.8 Å². The van der Waals surface area contributed by atoms with E-state index in [0.717, 1.165) is 11.1 Å². The number of methoxy groups -OCH3 is 1. The molecule has 0 aliphatic heterocycles. The average molecular weight is 347 g/mol. The molecule has 0 spiro atoms. The van der Waals surface area contributed by atoms with Crippen molar-refractivity contribution >= 4 is 29.1 Å². The fourth-order valence-electron chi connectivity index (χ4n) is 2.09. The number of halogens is 1. The topological polar surface area (TPSA) is 67.4 Å². The van der Waals surface area contributed by atoms with Gasteiger partial charge >= 0.3 is 0 Å². The van der Waals surface area contributed by atoms with E-state index < -0.39 is 0 Å². The van der Waals surface area contributed by atoms with E-state index in [1.807, 2.05) is 26.0 Å². The summed E-state index contributed by atoms with van der Waals surface area (Å²) in [7, 11) is 1.50. The van der Waals surface area contributed by atoms with Gasteiger partial charge in [0.2, 0.25) is 5.91 Å². The molecular formula is C18H19ClN2O3. The molecular weight excluding hydrogens is 328 g/mol. The van der Waals surface area contributed by atoms with Gasteiger partial charge in [0, 0.05) is 16.7 Å². The van der Waals surface area contributed by atoms with Crippen LogP contribution in [0, 0.1) is 13.8 Å². The van der Waals surface area contributed by atoms with Gasteiger partial charge in [-0.05, 0) is 37.6 Å². The van der Waals surface area contributed by atoms with E-state index in [1.54, 1.807) is 24.3 Å². The minimum Gasteiger partial charge on any atom is -0.495 e. The van der Waals surface area contributed by atoms with Crippen LogP contribution in [0.5, 0.6) is 5.75 Å². The maximum absolute atomic E-state index is 12.1. The quantitative estimate of drug-likeness (QED) is 0.872. The molecule has 0 radical (unpaired) electrons. The third-order valence-corrected chi connectivity index (χ3v) is 3.89. The van der Waals surface area contributed by atoms with Gasteiger partial charge in [-0.15, -0.1) is 0 Å². The minimum absolute atomic E-state index is 0.141. The molecule has 0 bridgehead atoms. The van der Waals surface area contributed by atoms with Gasteiger partial charge in [-0.25, -0.2) is 0 Å². The second-order valence-electron chi connectivity index (χ2n) is 5.40. The molecule has 126 valence electrons. The molecule has 0 aliphatic rings. The summed E-state index contributed by atoms with van der Waals surface area (Å²) in [5.41, 5.74) is 2.90. The Morgan fingerprint density at radius 1 is 1.12 bits per heavy atom. The van der Waals surface area contributed by atoms with Crippen LogP contribution in [0.1, 0.15) is 21.5 Å². The molecule has 0 fully saturated rings. The zero-order chi connectivity index (χ0) is 17.7. The summed E-state index contributed by atoms with van der Waals surface area (Å²) < 4.78 is 5.20. The Morgan fingerprint density at radius 3 is 2.42 bits per heavy atom. The van der Waals surface area contributed by atoms with Crippen LogP contribution in [-0.4, -0.2) is 25.5 Å². The Bertz CT molecular complexity index is 758. The van der Waals surface area contributed by atoms with Gasteiger partial charge in [0.05, 0.1) is 19.3 Å². The predicted octanol–water partition coefficient (Wildman–Crippen LogP) is 3.33. The van der Waals surface area contributed by atoms with Gasteiger partial charge < -0.3 is 15.4 Å². The molecule has 0 aromatic heterocycles. The number of carbonyl (C=O) groups excluding carboxylic acids is 2. The van der Waals surface area contributed by atoms with Gasteiger partial charge in [-0.3, -0.25) is 9.59 Å². The second kappa shape index (κ2) is 7.84. The van der Waals surface area contributed by atoms with Crippen molar-refractivity contribution < 1.29 is 14.3 Å². The molecule has 2 N–H and O–H groups in total. The van der Waals surface area contributed by atoms with Crippen LogP contribution in [-0.2, 0) is 4.79 Å². The maximum Gasteiger partial charge on any atom is 0.251 e. The van der Waals surface area contributed by atoms with Crippen LogP contribution in [0.15, 0.2) is 36.4 Å². The highest BCUT2D eigenvalue weighted by Crippen LogP contribution is 2.30. The summed E-state index contributed by atoms with van der Waals surface area (Å²) in [6, 6.07) is 10.5. The largest absolute Gasteiger partial charge is 0.495 e. The molecule has 2 amide bonds. The first-order valence-corrected chi connectivity index (χ1v) is 7.77. The number of ether oxygens (including phenoxy) is 1. The Kier molecular flexibility index (Phi) is 5.82. The lowest BCUT2D eigenvalue weighted by Crippen LogP contribution is -2.32. The van der Waals surface area contributed by atoms with Gasteiger partial charge in [0.15, 0.2) is 0 Å². The summed E-state index contributed by atoms with van der Waals surface area (Å²) in [4.78, 5) is 24.1. The summed E-state index contributed by atoms with van der Waals surface area (Å²) in [6.45, 7) is 3.63. The Morgan fingerprint density at radius 2 is 1.79 bits per heavy atom. The second-order valence-corrected chi connectivity index (χ2v) is 5.81. The highest BCUT2D eigenvalue weighted by atomic mass is 35.5. The van der Waals surface area contributed by atoms with Crippen LogP contribution in [0.25, 0.3) is 0 Å². The van der Waals surface area contributed by atoms with Gasteiger partial charge in [0.1, 0.15) is 5.75 Å². The zero-order valence-electron chi connectivity index (χ0n) is 13.8. The number of amides is 2. The zero-order valence-corrected chi connectivity index (χ0v) is 14.5. The van der Waals surface area contributed by atoms with Crippen LogP contribution in [0.2, 0.25) is 5.02 Å². The van der Waals surface area contributed by atoms with E-state index in [0.29, 0.717) is 22.0 Å². The molecule has 24 heavy (non-hydrogen) atoms. The summed E-state index contributed by atoms with van der Waals surface area (Å²) >= 11 is 6.03. The van der Waals surface area contributed by atoms with Crippen molar-refractivity contribution in [2.75, 3.05) is 19.0 Å². The highest BCUT2D eigenvalue weighted by molar-refractivity contribution is 6.31. The highest BCUT2D eigenvalue weighted by Gasteiger charge is 2.12. The predicted molar refractivity (Wildman–Crippen MR) is 94.9 cm³/mol. The lowest BCUT2D eigenvalue weighted by atomic mass is 10.1. The molecule has 0 aliphatic carbocycles. The molecule has 5 nitrogen and oxygen atoms in total. The molecule has 2 aromatic carbocycles. The van der Waals surface area contributed by atoms with Gasteiger partial charge in [-0.1, -0.05) is 29.3 Å². The van der Waals surface area contributed by atoms with Crippen molar-refractivity contribution in [2.24, 2.45) is 0 Å². The third-order valence-electron chi connectivity index (χ3n) is 3.48. The van der Waals surface area contributed by atoms with Crippen LogP contribution in [0.4, 0.5) is 5.69 Å². The first-order valence-electron chi connectivity index (χ1n) is 7.39. The monoisotopic (exact) mass is 346 g/mol. The van der Waals surface area contributed by atoms with E-state index in [9.17, 15) is 9.59 Å². The summed E-state index contributed by atoms with van der Waals surface area (Å²) in [5, 5.41) is 5.85. The Labute approximate surface area is 146 Å². The van der Waals surface area contributed by atoms with Crippen molar-refractivity contribution in [1.29, 1.82) is 0 Å². The van der Waals surface area contributed by atoms with E-state index in [1.165, 1.54) is 7.11 Å². The van der Waals surface area contributed by atoms with Crippen molar-refractivity contribution in [1.82, 2.24) is 5.32 Å². The molecule has 2 aromatic rings. The fourth-order valence-corrected chi connectivity index (χ4v) is 2.25. The number of rotatable bonds is 5. The maximum atomic E-state index is 12.1. The minimum atomic E-state index is -0.351. The Balaban J connectivity index is 1.97. The van der Waals surface area contributed by atoms with E-state index >= 15 is 0 Å². The molecule has 0 saturated heterocycles. The summed E-state index contributed by atoms with van der Waals surface area (Å²) in [6.07, 6.45) is 0. The van der Waals surface area contributed by atoms with Gasteiger partial charge in [-0.2, -0.15) is 0 Å². The number of nitrogens with one attached hydrogen (secondary N) is 2. The van der Waals surface area contributed by atoms with Crippen molar-refractivity contribution in [3.8, 4) is 5.75 Å². The number of aryl methyl sites for hydroxylation is 2. The fraction of sp³-hybridized carbons (Fsp3) is 0.222. The van der Waals surface area contributed by atoms with E-state index in [-0.39, 0.29) is 18.4 Å². The Hall–Kier alpha value is -2.53. The number of hydrogen-bond donors (Lipinski definition) is 2. The van der Waals surface area contributed by atoms with Crippen molar-refractivity contribution in [3.05, 3.63) is 58.1 Å². The number of benzene rings is 2. The molecule has 2 rings (SSSR count). The average Bonchev–Trinajstić information content (AvgIpc) is 2.56. The van der Waals surface area contributed by atoms with Crippen molar-refractivity contribution in [3.63, 3.8) is 0 Å². The normalized spacial score (nSPS) is 10.2. The number of carbonyl (C=O) groups is 2. The number of hydrogen-bond acceptors (Lipinski definition) is 3. The van der Waals surface area contributed by atoms with E-state index in [4.69, 9.17) is 16.3 Å². The molecule has 0 heterocycles. The van der Waals surface area contributed by atoms with Crippen LogP contribution >= 0.6 is 11.6 Å². The SMILES string of the molecule is COc1cc(Cl)c(C)cc1NC(=O)CNC(=O)c1ccc(C)cc1. The van der Waals surface area contributed by atoms with Gasteiger partial charge in [0.25, 0.3) is 5.91 Å². The number of anilines is 1. The van der Waals surface area contributed by atoms with Crippen LogP contribution in [0.3, 0.4) is 0 Å². The standard InChI is InChI=1S/C18H19ClN2O3/c1-11-4-6-13(7-5-11)18(23)20-10-17(22)21-15-8-12(2)14(19)9-16(15)24-3/h4-9H,10H2,1-3H3,(H,20,23)(H,21,22). The van der Waals surface area contributed by atoms with E-state index in [2.05, 4.69) is 10.6 Å². The smallest absolute Gasteiger partial charge is 0.251 e.